The number of ether oxygens (including phenoxy) is 2. The number of rotatable bonds is 12. The van der Waals surface area contributed by atoms with Gasteiger partial charge < -0.3 is 14.6 Å². The van der Waals surface area contributed by atoms with Crippen molar-refractivity contribution < 1.29 is 14.6 Å². The first-order chi connectivity index (χ1) is 20.6. The van der Waals surface area contributed by atoms with E-state index in [1.54, 1.807) is 18.4 Å². The van der Waals surface area contributed by atoms with Crippen molar-refractivity contribution >= 4 is 21.4 Å². The Labute approximate surface area is 254 Å². The van der Waals surface area contributed by atoms with Gasteiger partial charge in [-0.05, 0) is 141 Å². The van der Waals surface area contributed by atoms with Crippen molar-refractivity contribution in [3.05, 3.63) is 82.9 Å². The molecule has 4 aromatic rings. The van der Waals surface area contributed by atoms with Crippen molar-refractivity contribution in [1.82, 2.24) is 9.80 Å². The first kappa shape index (κ1) is 29.2. The summed E-state index contributed by atoms with van der Waals surface area (Å²) >= 11 is 1.76. The number of methoxy groups -OCH3 is 1. The molecule has 6 heteroatoms. The molecule has 0 unspecified atom stereocenters. The van der Waals surface area contributed by atoms with Gasteiger partial charge in [-0.1, -0.05) is 18.2 Å². The average molecular weight is 585 g/mol. The molecule has 222 valence electrons. The number of aryl methyl sites for hydroxylation is 1. The van der Waals surface area contributed by atoms with E-state index >= 15 is 0 Å². The molecule has 1 atom stereocenters. The highest BCUT2D eigenvalue weighted by atomic mass is 32.1. The fourth-order valence-corrected chi connectivity index (χ4v) is 7.99. The van der Waals surface area contributed by atoms with Crippen molar-refractivity contribution in [2.75, 3.05) is 53.0 Å². The van der Waals surface area contributed by atoms with E-state index in [1.807, 2.05) is 12.1 Å². The molecule has 0 aliphatic carbocycles. The summed E-state index contributed by atoms with van der Waals surface area (Å²) in [6.45, 7) is 9.39. The van der Waals surface area contributed by atoms with Gasteiger partial charge in [-0.15, -0.1) is 11.3 Å². The Bertz CT molecular complexity index is 1480. The number of nitrogens with zero attached hydrogens (tertiary/aromatic N) is 2. The number of benzene rings is 3. The number of likely N-dealkylation sites (tertiary alicyclic amines) is 2. The Hall–Kier alpha value is -2.90. The molecule has 0 spiro atoms. The molecule has 2 aliphatic heterocycles. The highest BCUT2D eigenvalue weighted by Gasteiger charge is 2.25. The second-order valence-corrected chi connectivity index (χ2v) is 13.0. The maximum atomic E-state index is 10.2. The monoisotopic (exact) mass is 584 g/mol. The van der Waals surface area contributed by atoms with Crippen molar-refractivity contribution in [2.24, 2.45) is 0 Å². The lowest BCUT2D eigenvalue weighted by atomic mass is 9.94. The average Bonchev–Trinajstić information content (AvgIpc) is 3.75. The van der Waals surface area contributed by atoms with Gasteiger partial charge in [0.25, 0.3) is 0 Å². The van der Waals surface area contributed by atoms with Gasteiger partial charge in [0, 0.05) is 35.8 Å². The van der Waals surface area contributed by atoms with Crippen LogP contribution in [-0.4, -0.2) is 74.0 Å². The van der Waals surface area contributed by atoms with E-state index in [0.29, 0.717) is 11.8 Å². The van der Waals surface area contributed by atoms with Gasteiger partial charge in [-0.3, -0.25) is 9.80 Å². The van der Waals surface area contributed by atoms with Gasteiger partial charge in [0.15, 0.2) is 0 Å². The number of hydrogen-bond donors (Lipinski definition) is 1. The van der Waals surface area contributed by atoms with Crippen LogP contribution < -0.4 is 4.74 Å². The molecule has 2 saturated heterocycles. The third-order valence-corrected chi connectivity index (χ3v) is 10.3. The minimum Gasteiger partial charge on any atom is -0.508 e. The van der Waals surface area contributed by atoms with Gasteiger partial charge >= 0.3 is 0 Å². The van der Waals surface area contributed by atoms with Crippen molar-refractivity contribution in [3.63, 3.8) is 0 Å². The Kier molecular flexibility index (Phi) is 9.45. The summed E-state index contributed by atoms with van der Waals surface area (Å²) in [6, 6.07) is 22.0. The van der Waals surface area contributed by atoms with Crippen LogP contribution in [0.4, 0.5) is 0 Å². The first-order valence-electron chi connectivity index (χ1n) is 15.6. The fourth-order valence-electron chi connectivity index (χ4n) is 6.73. The quantitative estimate of drug-likeness (QED) is 0.189. The minimum absolute atomic E-state index is 0.315. The molecule has 42 heavy (non-hydrogen) atoms. The summed E-state index contributed by atoms with van der Waals surface area (Å²) in [5.74, 6) is 1.24. The standard InChI is InChI=1S/C36H44N2O3S/c1-26-22-27(7-8-29(26)24-30-6-5-17-38(30)19-20-40-2)23-34-33-14-11-31(39)25-35(33)42-36(34)28-9-12-32(13-10-28)41-21-18-37-15-3-4-16-37/h7-14,22,25,30,39H,3-6,15-21,23-24H2,1-2H3/t30-/m0/s1. The first-order valence-corrected chi connectivity index (χ1v) is 16.4. The molecule has 2 aliphatic rings. The van der Waals surface area contributed by atoms with Crippen LogP contribution in [0.1, 0.15) is 47.9 Å². The molecule has 6 rings (SSSR count). The summed E-state index contributed by atoms with van der Waals surface area (Å²) in [7, 11) is 1.79. The Morgan fingerprint density at radius 1 is 0.905 bits per heavy atom. The van der Waals surface area contributed by atoms with Gasteiger partial charge in [0.2, 0.25) is 0 Å². The predicted octanol–water partition coefficient (Wildman–Crippen LogP) is 7.30. The van der Waals surface area contributed by atoms with E-state index in [4.69, 9.17) is 9.47 Å². The van der Waals surface area contributed by atoms with E-state index in [2.05, 4.69) is 65.3 Å². The molecule has 0 bridgehead atoms. The SMILES string of the molecule is COCCN1CCC[C@H]1Cc1ccc(Cc2c(-c3ccc(OCCN4CCCC4)cc3)sc3cc(O)ccc23)cc1C. The van der Waals surface area contributed by atoms with Crippen LogP contribution in [0.5, 0.6) is 11.5 Å². The molecule has 0 amide bonds. The van der Waals surface area contributed by atoms with Crippen LogP contribution >= 0.6 is 11.3 Å². The molecule has 2 fully saturated rings. The molecule has 1 aromatic heterocycles. The van der Waals surface area contributed by atoms with E-state index in [1.165, 1.54) is 83.4 Å². The second-order valence-electron chi connectivity index (χ2n) is 12.0. The molecule has 3 aromatic carbocycles. The molecule has 5 nitrogen and oxygen atoms in total. The number of aromatic hydroxyl groups is 1. The number of thiophene rings is 1. The lowest BCUT2D eigenvalue weighted by Gasteiger charge is -2.25. The molecule has 3 heterocycles. The largest absolute Gasteiger partial charge is 0.508 e. The molecule has 0 radical (unpaired) electrons. The van der Waals surface area contributed by atoms with Gasteiger partial charge in [-0.25, -0.2) is 0 Å². The minimum atomic E-state index is 0.315. The number of phenols is 1. The number of phenolic OH excluding ortho intramolecular Hbond substituents is 1. The zero-order valence-corrected chi connectivity index (χ0v) is 25.9. The Morgan fingerprint density at radius 2 is 1.74 bits per heavy atom. The lowest BCUT2D eigenvalue weighted by Crippen LogP contribution is -2.34. The summed E-state index contributed by atoms with van der Waals surface area (Å²) in [4.78, 5) is 6.34. The van der Waals surface area contributed by atoms with Crippen LogP contribution in [0, 0.1) is 6.92 Å². The third-order valence-electron chi connectivity index (χ3n) is 9.09. The smallest absolute Gasteiger partial charge is 0.119 e. The van der Waals surface area contributed by atoms with Crippen LogP contribution in [-0.2, 0) is 17.6 Å². The summed E-state index contributed by atoms with van der Waals surface area (Å²) in [5, 5.41) is 11.4. The van der Waals surface area contributed by atoms with Crippen molar-refractivity contribution in [1.29, 1.82) is 0 Å². The maximum absolute atomic E-state index is 10.2. The predicted molar refractivity (Wildman–Crippen MR) is 174 cm³/mol. The zero-order valence-electron chi connectivity index (χ0n) is 25.1. The van der Waals surface area contributed by atoms with Crippen LogP contribution in [0.2, 0.25) is 0 Å². The molecular weight excluding hydrogens is 540 g/mol. The highest BCUT2D eigenvalue weighted by Crippen LogP contribution is 2.41. The normalized spacial score (nSPS) is 17.9. The Balaban J connectivity index is 1.20. The molecular formula is C36H44N2O3S. The van der Waals surface area contributed by atoms with Gasteiger partial charge in [-0.2, -0.15) is 0 Å². The highest BCUT2D eigenvalue weighted by molar-refractivity contribution is 7.22. The zero-order chi connectivity index (χ0) is 28.9. The van der Waals surface area contributed by atoms with Crippen molar-refractivity contribution in [2.45, 2.75) is 51.5 Å². The second kappa shape index (κ2) is 13.6. The summed E-state index contributed by atoms with van der Waals surface area (Å²) < 4.78 is 12.5. The van der Waals surface area contributed by atoms with E-state index in [-0.39, 0.29) is 0 Å². The van der Waals surface area contributed by atoms with Crippen LogP contribution in [0.3, 0.4) is 0 Å². The summed E-state index contributed by atoms with van der Waals surface area (Å²) in [6.07, 6.45) is 7.13. The summed E-state index contributed by atoms with van der Waals surface area (Å²) in [5.41, 5.74) is 6.68. The maximum Gasteiger partial charge on any atom is 0.119 e. The topological polar surface area (TPSA) is 45.2 Å². The lowest BCUT2D eigenvalue weighted by molar-refractivity contribution is 0.141. The number of hydrogen-bond acceptors (Lipinski definition) is 6. The fraction of sp³-hybridized carbons (Fsp3) is 0.444. The van der Waals surface area contributed by atoms with E-state index in [0.717, 1.165) is 49.6 Å². The Morgan fingerprint density at radius 3 is 2.52 bits per heavy atom. The molecule has 0 saturated carbocycles. The van der Waals surface area contributed by atoms with Gasteiger partial charge in [0.05, 0.1) is 6.61 Å². The van der Waals surface area contributed by atoms with Crippen molar-refractivity contribution in [3.8, 4) is 21.9 Å². The van der Waals surface area contributed by atoms with E-state index in [9.17, 15) is 5.11 Å². The molecule has 1 N–H and O–H groups in total. The number of fused-ring (bicyclic) bond motifs is 1. The van der Waals surface area contributed by atoms with E-state index < -0.39 is 0 Å². The van der Waals surface area contributed by atoms with Crippen LogP contribution in [0.25, 0.3) is 20.5 Å². The van der Waals surface area contributed by atoms with Crippen LogP contribution in [0.15, 0.2) is 60.7 Å². The third kappa shape index (κ3) is 6.84. The van der Waals surface area contributed by atoms with Gasteiger partial charge in [0.1, 0.15) is 18.1 Å².